The van der Waals surface area contributed by atoms with Crippen molar-refractivity contribution in [1.29, 1.82) is 0 Å². The van der Waals surface area contributed by atoms with Crippen LogP contribution in [0.25, 0.3) is 16.9 Å². The third kappa shape index (κ3) is 4.61. The molecular formula is C21H17ClFN5O3S. The minimum Gasteiger partial charge on any atom is -0.493 e. The fourth-order valence-electron chi connectivity index (χ4n) is 2.91. The lowest BCUT2D eigenvalue weighted by Crippen LogP contribution is -2.14. The van der Waals surface area contributed by atoms with Gasteiger partial charge in [-0.3, -0.25) is 4.79 Å². The zero-order valence-corrected chi connectivity index (χ0v) is 18.6. The van der Waals surface area contributed by atoms with E-state index in [1.54, 1.807) is 30.9 Å². The highest BCUT2D eigenvalue weighted by Crippen LogP contribution is 2.31. The van der Waals surface area contributed by atoms with Gasteiger partial charge in [0.1, 0.15) is 5.82 Å². The molecule has 0 aliphatic carbocycles. The molecule has 0 atom stereocenters. The van der Waals surface area contributed by atoms with Crippen LogP contribution in [0.4, 0.5) is 10.1 Å². The SMILES string of the molecule is COc1ccc(-c2ccc3nnc(SCC(=O)Nc4ccc(Cl)c(F)c4)n3n2)cc1OC. The number of fused-ring (bicyclic) bond motifs is 1. The minimum absolute atomic E-state index is 0.0105. The van der Waals surface area contributed by atoms with E-state index in [1.165, 1.54) is 12.1 Å². The van der Waals surface area contributed by atoms with Gasteiger partial charge in [-0.05, 0) is 48.5 Å². The Morgan fingerprint density at radius 2 is 1.91 bits per heavy atom. The summed E-state index contributed by atoms with van der Waals surface area (Å²) < 4.78 is 25.7. The van der Waals surface area contributed by atoms with Crippen LogP contribution >= 0.6 is 23.4 Å². The molecule has 4 aromatic rings. The Hall–Kier alpha value is -3.37. The van der Waals surface area contributed by atoms with Crippen LogP contribution in [0.1, 0.15) is 0 Å². The lowest BCUT2D eigenvalue weighted by molar-refractivity contribution is -0.113. The molecule has 0 aliphatic rings. The first-order valence-corrected chi connectivity index (χ1v) is 10.7. The Morgan fingerprint density at radius 1 is 1.09 bits per heavy atom. The molecule has 0 saturated heterocycles. The van der Waals surface area contributed by atoms with Gasteiger partial charge in [0, 0.05) is 11.3 Å². The highest BCUT2D eigenvalue weighted by atomic mass is 35.5. The van der Waals surface area contributed by atoms with Crippen molar-refractivity contribution < 1.29 is 18.7 Å². The van der Waals surface area contributed by atoms with Gasteiger partial charge in [-0.2, -0.15) is 9.61 Å². The van der Waals surface area contributed by atoms with Crippen molar-refractivity contribution in [3.05, 3.63) is 59.4 Å². The number of halogens is 2. The Kier molecular flexibility index (Phi) is 6.42. The molecule has 1 amide bonds. The Balaban J connectivity index is 1.51. The standard InChI is InChI=1S/C21H17ClFN5O3S/c1-30-17-7-3-12(9-18(17)31-2)16-6-8-19-25-26-21(28(19)27-16)32-11-20(29)24-13-4-5-14(22)15(23)10-13/h3-10H,11H2,1-2H3,(H,24,29). The average Bonchev–Trinajstić information content (AvgIpc) is 3.22. The fraction of sp³-hybridized carbons (Fsp3) is 0.143. The number of nitrogens with zero attached hydrogens (tertiary/aromatic N) is 4. The molecule has 1 N–H and O–H groups in total. The summed E-state index contributed by atoms with van der Waals surface area (Å²) in [4.78, 5) is 12.3. The molecule has 164 valence electrons. The number of benzene rings is 2. The maximum atomic E-state index is 13.5. The number of anilines is 1. The maximum Gasteiger partial charge on any atom is 0.234 e. The molecule has 4 rings (SSSR count). The van der Waals surface area contributed by atoms with Crippen LogP contribution in [0.2, 0.25) is 5.02 Å². The van der Waals surface area contributed by atoms with Crippen LogP contribution in [-0.4, -0.2) is 45.7 Å². The van der Waals surface area contributed by atoms with Crippen LogP contribution < -0.4 is 14.8 Å². The van der Waals surface area contributed by atoms with E-state index in [2.05, 4.69) is 20.6 Å². The van der Waals surface area contributed by atoms with Crippen molar-refractivity contribution in [3.63, 3.8) is 0 Å². The number of ether oxygens (including phenoxy) is 2. The predicted molar refractivity (Wildman–Crippen MR) is 120 cm³/mol. The van der Waals surface area contributed by atoms with E-state index < -0.39 is 5.82 Å². The van der Waals surface area contributed by atoms with Gasteiger partial charge in [-0.15, -0.1) is 10.2 Å². The van der Waals surface area contributed by atoms with Gasteiger partial charge in [0.2, 0.25) is 11.1 Å². The van der Waals surface area contributed by atoms with Gasteiger partial charge in [0.15, 0.2) is 17.1 Å². The zero-order valence-electron chi connectivity index (χ0n) is 17.0. The molecule has 32 heavy (non-hydrogen) atoms. The molecule has 0 spiro atoms. The molecular weight excluding hydrogens is 457 g/mol. The molecule has 2 aromatic carbocycles. The number of rotatable bonds is 7. The Morgan fingerprint density at radius 3 is 2.66 bits per heavy atom. The Labute approximate surface area is 191 Å². The molecule has 0 radical (unpaired) electrons. The second-order valence-corrected chi connectivity index (χ2v) is 7.86. The molecule has 2 heterocycles. The van der Waals surface area contributed by atoms with Gasteiger partial charge >= 0.3 is 0 Å². The summed E-state index contributed by atoms with van der Waals surface area (Å²) in [6, 6.07) is 13.2. The van der Waals surface area contributed by atoms with E-state index in [4.69, 9.17) is 21.1 Å². The van der Waals surface area contributed by atoms with Gasteiger partial charge in [0.25, 0.3) is 0 Å². The summed E-state index contributed by atoms with van der Waals surface area (Å²) in [5, 5.41) is 15.8. The first-order chi connectivity index (χ1) is 15.5. The van der Waals surface area contributed by atoms with Crippen molar-refractivity contribution in [2.45, 2.75) is 5.16 Å². The molecule has 8 nitrogen and oxygen atoms in total. The Bertz CT molecular complexity index is 1300. The number of thioether (sulfide) groups is 1. The summed E-state index contributed by atoms with van der Waals surface area (Å²) in [5.41, 5.74) is 2.34. The van der Waals surface area contributed by atoms with Crippen molar-refractivity contribution in [2.24, 2.45) is 0 Å². The maximum absolute atomic E-state index is 13.5. The molecule has 2 aromatic heterocycles. The first kappa shape index (κ1) is 21.8. The minimum atomic E-state index is -0.604. The second kappa shape index (κ2) is 9.41. The second-order valence-electron chi connectivity index (χ2n) is 6.51. The number of aromatic nitrogens is 4. The van der Waals surface area contributed by atoms with E-state index in [0.29, 0.717) is 33.7 Å². The number of hydrogen-bond acceptors (Lipinski definition) is 7. The summed E-state index contributed by atoms with van der Waals surface area (Å²) >= 11 is 6.82. The summed E-state index contributed by atoms with van der Waals surface area (Å²) in [7, 11) is 3.14. The quantitative estimate of drug-likeness (QED) is 0.399. The smallest absolute Gasteiger partial charge is 0.234 e. The molecule has 0 bridgehead atoms. The lowest BCUT2D eigenvalue weighted by Gasteiger charge is -2.09. The third-order valence-corrected chi connectivity index (χ3v) is 5.68. The van der Waals surface area contributed by atoms with Crippen LogP contribution in [0, 0.1) is 5.82 Å². The lowest BCUT2D eigenvalue weighted by atomic mass is 10.1. The first-order valence-electron chi connectivity index (χ1n) is 9.31. The summed E-state index contributed by atoms with van der Waals surface area (Å²) in [5.74, 6) is 0.301. The summed E-state index contributed by atoms with van der Waals surface area (Å²) in [6.45, 7) is 0. The number of nitrogens with one attached hydrogen (secondary N) is 1. The van der Waals surface area contributed by atoms with Crippen LogP contribution in [0.5, 0.6) is 11.5 Å². The highest BCUT2D eigenvalue weighted by molar-refractivity contribution is 7.99. The van der Waals surface area contributed by atoms with E-state index in [-0.39, 0.29) is 16.7 Å². The van der Waals surface area contributed by atoms with E-state index in [1.807, 2.05) is 18.2 Å². The van der Waals surface area contributed by atoms with Crippen LogP contribution in [-0.2, 0) is 4.79 Å². The number of amides is 1. The van der Waals surface area contributed by atoms with Crippen LogP contribution in [0.15, 0.2) is 53.7 Å². The molecule has 11 heteroatoms. The molecule has 0 saturated carbocycles. The zero-order chi connectivity index (χ0) is 22.7. The number of carbonyl (C=O) groups excluding carboxylic acids is 1. The number of hydrogen-bond donors (Lipinski definition) is 1. The third-order valence-electron chi connectivity index (χ3n) is 4.45. The topological polar surface area (TPSA) is 90.6 Å². The normalized spacial score (nSPS) is 10.9. The van der Waals surface area contributed by atoms with E-state index >= 15 is 0 Å². The largest absolute Gasteiger partial charge is 0.493 e. The molecule has 0 unspecified atom stereocenters. The van der Waals surface area contributed by atoms with Crippen molar-refractivity contribution in [1.82, 2.24) is 19.8 Å². The monoisotopic (exact) mass is 473 g/mol. The number of methoxy groups -OCH3 is 2. The predicted octanol–water partition coefficient (Wildman–Crippen LogP) is 4.33. The fourth-order valence-corrected chi connectivity index (χ4v) is 3.71. The van der Waals surface area contributed by atoms with Crippen molar-refractivity contribution in [2.75, 3.05) is 25.3 Å². The van der Waals surface area contributed by atoms with Crippen molar-refractivity contribution >= 4 is 40.6 Å². The highest BCUT2D eigenvalue weighted by Gasteiger charge is 2.13. The number of carbonyl (C=O) groups is 1. The summed E-state index contributed by atoms with van der Waals surface area (Å²) in [6.07, 6.45) is 0. The van der Waals surface area contributed by atoms with Crippen molar-refractivity contribution in [3.8, 4) is 22.8 Å². The molecule has 0 fully saturated rings. The van der Waals surface area contributed by atoms with Gasteiger partial charge < -0.3 is 14.8 Å². The van der Waals surface area contributed by atoms with E-state index in [0.717, 1.165) is 23.4 Å². The van der Waals surface area contributed by atoms with Gasteiger partial charge in [0.05, 0.1) is 30.7 Å². The van der Waals surface area contributed by atoms with E-state index in [9.17, 15) is 9.18 Å². The van der Waals surface area contributed by atoms with Gasteiger partial charge in [-0.25, -0.2) is 4.39 Å². The van der Waals surface area contributed by atoms with Crippen LogP contribution in [0.3, 0.4) is 0 Å². The molecule has 0 aliphatic heterocycles. The average molecular weight is 474 g/mol. The van der Waals surface area contributed by atoms with Gasteiger partial charge in [-0.1, -0.05) is 23.4 Å².